The summed E-state index contributed by atoms with van der Waals surface area (Å²) >= 11 is 0. The van der Waals surface area contributed by atoms with Gasteiger partial charge in [-0.1, -0.05) is 18.6 Å². The zero-order valence-electron chi connectivity index (χ0n) is 19.9. The fraction of sp³-hybridized carbons (Fsp3) is 0.250. The number of aromatic nitrogens is 5. The van der Waals surface area contributed by atoms with E-state index in [0.29, 0.717) is 41.7 Å². The number of unbranched alkanes of at least 4 members (excludes halogenated alkanes) is 2. The Morgan fingerprint density at radius 3 is 2.50 bits per heavy atom. The molecule has 0 aliphatic rings. The molecule has 4 rings (SSSR count). The van der Waals surface area contributed by atoms with Gasteiger partial charge in [0.25, 0.3) is 5.91 Å². The molecule has 1 aromatic carbocycles. The molecule has 0 saturated heterocycles. The van der Waals surface area contributed by atoms with E-state index in [0.717, 1.165) is 24.8 Å². The third-order valence-corrected chi connectivity index (χ3v) is 5.71. The van der Waals surface area contributed by atoms with E-state index in [1.807, 2.05) is 0 Å². The van der Waals surface area contributed by atoms with Gasteiger partial charge >= 0.3 is 6.18 Å². The first-order valence-electron chi connectivity index (χ1n) is 11.5. The Morgan fingerprint density at radius 2 is 1.79 bits per heavy atom. The fourth-order valence-corrected chi connectivity index (χ4v) is 3.81. The lowest BCUT2D eigenvalue weighted by Gasteiger charge is -2.09. The van der Waals surface area contributed by atoms with Gasteiger partial charge in [0.2, 0.25) is 5.91 Å². The van der Waals surface area contributed by atoms with Crippen LogP contribution in [0.3, 0.4) is 0 Å². The molecule has 0 spiro atoms. The van der Waals surface area contributed by atoms with Gasteiger partial charge < -0.3 is 11.1 Å². The Kier molecular flexibility index (Phi) is 7.81. The quantitative estimate of drug-likeness (QED) is 0.145. The molecule has 4 aromatic rings. The predicted octanol–water partition coefficient (Wildman–Crippen LogP) is 3.81. The second-order valence-corrected chi connectivity index (χ2v) is 8.33. The molecule has 11 nitrogen and oxygen atoms in total. The third kappa shape index (κ3) is 6.03. The summed E-state index contributed by atoms with van der Waals surface area (Å²) in [5, 5.41) is 16.1. The zero-order chi connectivity index (χ0) is 27.3. The van der Waals surface area contributed by atoms with Gasteiger partial charge in [-0.3, -0.25) is 14.8 Å². The molecule has 5 N–H and O–H groups in total. The molecule has 2 amide bonds. The first-order valence-corrected chi connectivity index (χ1v) is 11.5. The number of benzene rings is 1. The van der Waals surface area contributed by atoms with Gasteiger partial charge in [-0.2, -0.15) is 18.3 Å². The van der Waals surface area contributed by atoms with E-state index >= 15 is 0 Å². The van der Waals surface area contributed by atoms with Crippen LogP contribution < -0.4 is 16.5 Å². The van der Waals surface area contributed by atoms with E-state index < -0.39 is 23.6 Å². The second-order valence-electron chi connectivity index (χ2n) is 8.33. The Bertz CT molecular complexity index is 1450. The van der Waals surface area contributed by atoms with Gasteiger partial charge in [0, 0.05) is 30.3 Å². The number of anilines is 2. The summed E-state index contributed by atoms with van der Waals surface area (Å²) in [6.45, 7) is 0.498. The number of alkyl halides is 3. The van der Waals surface area contributed by atoms with E-state index in [2.05, 4.69) is 25.4 Å². The summed E-state index contributed by atoms with van der Waals surface area (Å²) in [6.07, 6.45) is -0.0354. The van der Waals surface area contributed by atoms with Crippen LogP contribution in [0, 0.1) is 0 Å². The molecule has 0 unspecified atom stereocenters. The van der Waals surface area contributed by atoms with Gasteiger partial charge in [0.15, 0.2) is 5.65 Å². The van der Waals surface area contributed by atoms with Crippen molar-refractivity contribution in [3.63, 3.8) is 0 Å². The van der Waals surface area contributed by atoms with Crippen molar-refractivity contribution in [1.82, 2.24) is 30.2 Å². The number of pyridine rings is 1. The number of rotatable bonds is 9. The number of nitrogen functional groups attached to an aromatic ring is 1. The summed E-state index contributed by atoms with van der Waals surface area (Å²) in [4.78, 5) is 35.9. The van der Waals surface area contributed by atoms with Crippen molar-refractivity contribution in [2.75, 3.05) is 11.1 Å². The number of fused-ring (bicyclic) bond motifs is 1. The minimum Gasteiger partial charge on any atom is -0.383 e. The normalized spacial score (nSPS) is 11.5. The van der Waals surface area contributed by atoms with Gasteiger partial charge in [-0.25, -0.2) is 25.1 Å². The van der Waals surface area contributed by atoms with Crippen molar-refractivity contribution in [3.05, 3.63) is 60.0 Å². The van der Waals surface area contributed by atoms with Crippen LogP contribution in [0.5, 0.6) is 0 Å². The number of hydrogen-bond acceptors (Lipinski definition) is 8. The lowest BCUT2D eigenvalue weighted by molar-refractivity contribution is -0.137. The van der Waals surface area contributed by atoms with E-state index in [4.69, 9.17) is 10.9 Å². The van der Waals surface area contributed by atoms with Gasteiger partial charge in [0.1, 0.15) is 23.7 Å². The number of hydroxylamine groups is 1. The number of aryl methyl sites for hydroxylation is 1. The summed E-state index contributed by atoms with van der Waals surface area (Å²) in [5.41, 5.74) is 8.65. The molecule has 0 radical (unpaired) electrons. The van der Waals surface area contributed by atoms with E-state index in [9.17, 15) is 22.8 Å². The molecule has 14 heteroatoms. The Labute approximate surface area is 213 Å². The van der Waals surface area contributed by atoms with Crippen LogP contribution in [0.4, 0.5) is 24.8 Å². The fourth-order valence-electron chi connectivity index (χ4n) is 3.81. The van der Waals surface area contributed by atoms with E-state index in [1.54, 1.807) is 22.3 Å². The SMILES string of the molecule is Nc1ncnc2c1c(-c1ccc(C(=O)Nc3cc(C(F)(F)F)ccn3)cc1)nn2CCCCCC(=O)NO. The molecule has 3 aromatic heterocycles. The summed E-state index contributed by atoms with van der Waals surface area (Å²) in [6, 6.07) is 7.87. The van der Waals surface area contributed by atoms with Crippen LogP contribution in [0.15, 0.2) is 48.9 Å². The number of nitrogens with zero attached hydrogens (tertiary/aromatic N) is 5. The average molecular weight is 528 g/mol. The molecule has 0 aliphatic carbocycles. The van der Waals surface area contributed by atoms with Crippen LogP contribution >= 0.6 is 0 Å². The monoisotopic (exact) mass is 528 g/mol. The summed E-state index contributed by atoms with van der Waals surface area (Å²) < 4.78 is 40.5. The van der Waals surface area contributed by atoms with Crippen molar-refractivity contribution in [1.29, 1.82) is 0 Å². The first kappa shape index (κ1) is 26.5. The minimum atomic E-state index is -4.56. The van der Waals surface area contributed by atoms with Crippen molar-refractivity contribution in [2.24, 2.45) is 0 Å². The van der Waals surface area contributed by atoms with Crippen LogP contribution in [-0.2, 0) is 17.5 Å². The first-order chi connectivity index (χ1) is 18.2. The Hall–Kier alpha value is -4.59. The molecule has 0 aliphatic heterocycles. The highest BCUT2D eigenvalue weighted by Crippen LogP contribution is 2.31. The predicted molar refractivity (Wildman–Crippen MR) is 131 cm³/mol. The maximum atomic E-state index is 12.9. The third-order valence-electron chi connectivity index (χ3n) is 5.71. The number of carbonyl (C=O) groups excluding carboxylic acids is 2. The maximum Gasteiger partial charge on any atom is 0.416 e. The van der Waals surface area contributed by atoms with E-state index in [1.165, 1.54) is 18.5 Å². The Balaban J connectivity index is 1.51. The highest BCUT2D eigenvalue weighted by atomic mass is 19.4. The largest absolute Gasteiger partial charge is 0.416 e. The van der Waals surface area contributed by atoms with Crippen LogP contribution in [0.25, 0.3) is 22.3 Å². The van der Waals surface area contributed by atoms with Gasteiger partial charge in [-0.05, 0) is 37.1 Å². The smallest absolute Gasteiger partial charge is 0.383 e. The molecule has 0 saturated carbocycles. The highest BCUT2D eigenvalue weighted by molar-refractivity contribution is 6.04. The van der Waals surface area contributed by atoms with Crippen molar-refractivity contribution in [3.8, 4) is 11.3 Å². The highest BCUT2D eigenvalue weighted by Gasteiger charge is 2.31. The molecule has 0 bridgehead atoms. The topological polar surface area (TPSA) is 161 Å². The molecule has 198 valence electrons. The van der Waals surface area contributed by atoms with Gasteiger partial charge in [-0.15, -0.1) is 0 Å². The number of carbonyl (C=O) groups is 2. The second kappa shape index (κ2) is 11.2. The van der Waals surface area contributed by atoms with Crippen molar-refractivity contribution < 1.29 is 28.0 Å². The average Bonchev–Trinajstić information content (AvgIpc) is 3.28. The molecule has 0 fully saturated rings. The van der Waals surface area contributed by atoms with Crippen LogP contribution in [0.2, 0.25) is 0 Å². The number of nitrogens with one attached hydrogen (secondary N) is 2. The minimum absolute atomic E-state index is 0.202. The number of hydrogen-bond donors (Lipinski definition) is 4. The lowest BCUT2D eigenvalue weighted by atomic mass is 10.1. The van der Waals surface area contributed by atoms with Crippen molar-refractivity contribution in [2.45, 2.75) is 38.4 Å². The lowest BCUT2D eigenvalue weighted by Crippen LogP contribution is -2.17. The molecular formula is C24H23F3N8O3. The molecule has 38 heavy (non-hydrogen) atoms. The molecule has 0 atom stereocenters. The number of halogens is 3. The zero-order valence-corrected chi connectivity index (χ0v) is 19.9. The number of amides is 2. The molecule has 3 heterocycles. The van der Waals surface area contributed by atoms with Crippen molar-refractivity contribution >= 4 is 34.5 Å². The standard InChI is InChI=1S/C24H23F3N8O3/c25-24(26,27)16-9-10-29-17(12-16)32-23(37)15-7-5-14(6-8-15)20-19-21(28)30-13-31-22(19)35(33-20)11-3-1-2-4-18(36)34-38/h5-10,12-13,38H,1-4,11H2,(H,34,36)(H2,28,30,31)(H,29,32,37). The Morgan fingerprint density at radius 1 is 1.03 bits per heavy atom. The van der Waals surface area contributed by atoms with Crippen LogP contribution in [-0.4, -0.2) is 41.8 Å². The van der Waals surface area contributed by atoms with Gasteiger partial charge in [0.05, 0.1) is 10.9 Å². The van der Waals surface area contributed by atoms with E-state index in [-0.39, 0.29) is 23.6 Å². The summed E-state index contributed by atoms with van der Waals surface area (Å²) in [5.74, 6) is -1.06. The maximum absolute atomic E-state index is 12.9. The number of nitrogens with two attached hydrogens (primary N) is 1. The van der Waals surface area contributed by atoms with Crippen LogP contribution in [0.1, 0.15) is 41.6 Å². The molecular weight excluding hydrogens is 505 g/mol. The summed E-state index contributed by atoms with van der Waals surface area (Å²) in [7, 11) is 0.